The Kier molecular flexibility index (Phi) is 4.15. The van der Waals surface area contributed by atoms with Crippen LogP contribution >= 0.6 is 22.9 Å². The van der Waals surface area contributed by atoms with E-state index in [-0.39, 0.29) is 17.1 Å². The predicted octanol–water partition coefficient (Wildman–Crippen LogP) is 2.77. The van der Waals surface area contributed by atoms with Crippen molar-refractivity contribution in [2.75, 3.05) is 5.73 Å². The molecule has 0 aliphatic carbocycles. The van der Waals surface area contributed by atoms with Crippen molar-refractivity contribution < 1.29 is 8.42 Å². The van der Waals surface area contributed by atoms with Gasteiger partial charge in [-0.2, -0.15) is 0 Å². The van der Waals surface area contributed by atoms with E-state index in [4.69, 9.17) is 17.3 Å². The van der Waals surface area contributed by atoms with Crippen LogP contribution < -0.4 is 10.5 Å². The molecular weight excluding hydrogens is 304 g/mol. The minimum atomic E-state index is -3.59. The number of hydrogen-bond donors (Lipinski definition) is 2. The van der Waals surface area contributed by atoms with Gasteiger partial charge >= 0.3 is 0 Å². The van der Waals surface area contributed by atoms with Gasteiger partial charge in [-0.1, -0.05) is 17.7 Å². The summed E-state index contributed by atoms with van der Waals surface area (Å²) in [5.41, 5.74) is 6.48. The highest BCUT2D eigenvalue weighted by molar-refractivity contribution is 7.89. The van der Waals surface area contributed by atoms with Gasteiger partial charge in [-0.15, -0.1) is 11.3 Å². The van der Waals surface area contributed by atoms with E-state index in [1.807, 2.05) is 17.5 Å². The number of nitrogen functional groups attached to an aromatic ring is 1. The number of halogens is 1. The summed E-state index contributed by atoms with van der Waals surface area (Å²) in [7, 11) is -3.59. The van der Waals surface area contributed by atoms with Crippen molar-refractivity contribution in [1.29, 1.82) is 0 Å². The van der Waals surface area contributed by atoms with Gasteiger partial charge in [0.2, 0.25) is 10.0 Å². The summed E-state index contributed by atoms with van der Waals surface area (Å²) in [5.74, 6) is 0. The van der Waals surface area contributed by atoms with Crippen LogP contribution in [0.3, 0.4) is 0 Å². The summed E-state index contributed by atoms with van der Waals surface area (Å²) in [6.45, 7) is 1.95. The van der Waals surface area contributed by atoms with Gasteiger partial charge in [0.15, 0.2) is 0 Å². The van der Waals surface area contributed by atoms with Gasteiger partial charge in [0.1, 0.15) is 0 Å². The van der Waals surface area contributed by atoms with Crippen molar-refractivity contribution in [3.63, 3.8) is 0 Å². The number of hydrogen-bond acceptors (Lipinski definition) is 4. The molecule has 19 heavy (non-hydrogen) atoms. The minimum absolute atomic E-state index is 0.158. The van der Waals surface area contributed by atoms with E-state index in [1.165, 1.54) is 17.4 Å². The molecule has 0 unspecified atom stereocenters. The first-order valence-corrected chi connectivity index (χ1v) is 8.22. The third kappa shape index (κ3) is 3.27. The van der Waals surface area contributed by atoms with Crippen LogP contribution in [0.2, 0.25) is 5.02 Å². The standard InChI is InChI=1S/C12H13ClN2O2S2/c1-8-5-10(13)11(14)6-12(8)19(16,17)15-7-9-3-2-4-18-9/h2-6,15H,7,14H2,1H3. The predicted molar refractivity (Wildman–Crippen MR) is 78.9 cm³/mol. The molecule has 0 saturated carbocycles. The zero-order valence-electron chi connectivity index (χ0n) is 10.2. The maximum Gasteiger partial charge on any atom is 0.241 e. The van der Waals surface area contributed by atoms with Crippen LogP contribution in [-0.2, 0) is 16.6 Å². The zero-order chi connectivity index (χ0) is 14.0. The van der Waals surface area contributed by atoms with Crippen molar-refractivity contribution in [2.45, 2.75) is 18.4 Å². The van der Waals surface area contributed by atoms with E-state index in [2.05, 4.69) is 4.72 Å². The lowest BCUT2D eigenvalue weighted by Crippen LogP contribution is -2.23. The molecule has 0 radical (unpaired) electrons. The average Bonchev–Trinajstić information content (AvgIpc) is 2.84. The molecule has 0 spiro atoms. The van der Waals surface area contributed by atoms with Crippen LogP contribution in [-0.4, -0.2) is 8.42 Å². The fraction of sp³-hybridized carbons (Fsp3) is 0.167. The van der Waals surface area contributed by atoms with Crippen LogP contribution in [0.5, 0.6) is 0 Å². The molecule has 0 fully saturated rings. The van der Waals surface area contributed by atoms with Crippen LogP contribution in [0.25, 0.3) is 0 Å². The molecular formula is C12H13ClN2O2S2. The third-order valence-electron chi connectivity index (χ3n) is 2.60. The number of sulfonamides is 1. The Hall–Kier alpha value is -1.08. The lowest BCUT2D eigenvalue weighted by atomic mass is 10.2. The highest BCUT2D eigenvalue weighted by atomic mass is 35.5. The smallest absolute Gasteiger partial charge is 0.241 e. The van der Waals surface area contributed by atoms with E-state index < -0.39 is 10.0 Å². The summed E-state index contributed by atoms with van der Waals surface area (Å²) >= 11 is 7.35. The molecule has 0 bridgehead atoms. The SMILES string of the molecule is Cc1cc(Cl)c(N)cc1S(=O)(=O)NCc1cccs1. The Labute approximate surface area is 121 Å². The van der Waals surface area contributed by atoms with Crippen molar-refractivity contribution >= 4 is 38.6 Å². The number of aryl methyl sites for hydroxylation is 1. The summed E-state index contributed by atoms with van der Waals surface area (Å²) in [6, 6.07) is 6.68. The van der Waals surface area contributed by atoms with Crippen LogP contribution in [0, 0.1) is 6.92 Å². The van der Waals surface area contributed by atoms with E-state index in [0.29, 0.717) is 10.6 Å². The second kappa shape index (κ2) is 5.50. The molecule has 0 saturated heterocycles. The van der Waals surface area contributed by atoms with Gasteiger partial charge in [0.25, 0.3) is 0 Å². The van der Waals surface area contributed by atoms with Gasteiger partial charge in [-0.25, -0.2) is 13.1 Å². The third-order valence-corrected chi connectivity index (χ3v) is 5.35. The number of rotatable bonds is 4. The summed E-state index contributed by atoms with van der Waals surface area (Å²) < 4.78 is 27.0. The highest BCUT2D eigenvalue weighted by Gasteiger charge is 2.18. The number of thiophene rings is 1. The highest BCUT2D eigenvalue weighted by Crippen LogP contribution is 2.26. The van der Waals surface area contributed by atoms with Crippen molar-refractivity contribution in [3.8, 4) is 0 Å². The van der Waals surface area contributed by atoms with E-state index in [0.717, 1.165) is 4.88 Å². The number of nitrogens with two attached hydrogens (primary N) is 1. The molecule has 0 aliphatic heterocycles. The maximum absolute atomic E-state index is 12.2. The van der Waals surface area contributed by atoms with Crippen LogP contribution in [0.1, 0.15) is 10.4 Å². The molecule has 0 amide bonds. The molecule has 0 atom stereocenters. The molecule has 1 aromatic heterocycles. The average molecular weight is 317 g/mol. The van der Waals surface area contributed by atoms with Gasteiger partial charge < -0.3 is 5.73 Å². The maximum atomic E-state index is 12.2. The molecule has 4 nitrogen and oxygen atoms in total. The molecule has 2 aromatic rings. The summed E-state index contributed by atoms with van der Waals surface area (Å²) in [5, 5.41) is 2.25. The van der Waals surface area contributed by atoms with Crippen molar-refractivity contribution in [2.24, 2.45) is 0 Å². The quantitative estimate of drug-likeness (QED) is 0.852. The zero-order valence-corrected chi connectivity index (χ0v) is 12.6. The summed E-state index contributed by atoms with van der Waals surface area (Å²) in [4.78, 5) is 1.11. The van der Waals surface area contributed by atoms with Gasteiger partial charge in [0, 0.05) is 11.4 Å². The second-order valence-electron chi connectivity index (χ2n) is 4.04. The minimum Gasteiger partial charge on any atom is -0.397 e. The number of anilines is 1. The molecule has 7 heteroatoms. The monoisotopic (exact) mass is 316 g/mol. The lowest BCUT2D eigenvalue weighted by Gasteiger charge is -2.10. The Morgan fingerprint density at radius 2 is 2.16 bits per heavy atom. The van der Waals surface area contributed by atoms with E-state index in [9.17, 15) is 8.42 Å². The first-order chi connectivity index (χ1) is 8.90. The van der Waals surface area contributed by atoms with E-state index in [1.54, 1.807) is 13.0 Å². The Morgan fingerprint density at radius 3 is 2.79 bits per heavy atom. The molecule has 0 aliphatic rings. The van der Waals surface area contributed by atoms with Crippen molar-refractivity contribution in [1.82, 2.24) is 4.72 Å². The normalized spacial score (nSPS) is 11.7. The van der Waals surface area contributed by atoms with Gasteiger partial charge in [-0.05, 0) is 36.1 Å². The molecule has 3 N–H and O–H groups in total. The Bertz CT molecular complexity index is 682. The number of benzene rings is 1. The largest absolute Gasteiger partial charge is 0.397 e. The van der Waals surface area contributed by atoms with Crippen molar-refractivity contribution in [3.05, 3.63) is 45.1 Å². The topological polar surface area (TPSA) is 72.2 Å². The van der Waals surface area contributed by atoms with Gasteiger partial charge in [0.05, 0.1) is 15.6 Å². The summed E-state index contributed by atoms with van der Waals surface area (Å²) in [6.07, 6.45) is 0. The first-order valence-electron chi connectivity index (χ1n) is 5.48. The molecule has 2 rings (SSSR count). The van der Waals surface area contributed by atoms with E-state index >= 15 is 0 Å². The fourth-order valence-corrected chi connectivity index (χ4v) is 3.84. The second-order valence-corrected chi connectivity index (χ2v) is 7.22. The fourth-order valence-electron chi connectivity index (χ4n) is 1.62. The van der Waals surface area contributed by atoms with Gasteiger partial charge in [-0.3, -0.25) is 0 Å². The van der Waals surface area contributed by atoms with Crippen LogP contribution in [0.15, 0.2) is 34.5 Å². The molecule has 102 valence electrons. The lowest BCUT2D eigenvalue weighted by molar-refractivity contribution is 0.581. The molecule has 1 aromatic carbocycles. The Morgan fingerprint density at radius 1 is 1.42 bits per heavy atom. The molecule has 1 heterocycles. The Balaban J connectivity index is 2.27. The number of nitrogens with one attached hydrogen (secondary N) is 1. The van der Waals surface area contributed by atoms with Crippen LogP contribution in [0.4, 0.5) is 5.69 Å². The first kappa shape index (κ1) is 14.3.